The lowest BCUT2D eigenvalue weighted by atomic mass is 9.82. The van der Waals surface area contributed by atoms with Crippen molar-refractivity contribution in [3.8, 4) is 0 Å². The topological polar surface area (TPSA) is 57.0 Å². The number of hydrogen-bond acceptors (Lipinski definition) is 4. The fourth-order valence-electron chi connectivity index (χ4n) is 3.40. The van der Waals surface area contributed by atoms with E-state index in [-0.39, 0.29) is 5.56 Å². The third-order valence-electron chi connectivity index (χ3n) is 4.65. The van der Waals surface area contributed by atoms with E-state index in [2.05, 4.69) is 22.1 Å². The summed E-state index contributed by atoms with van der Waals surface area (Å²) >= 11 is 0. The molecule has 1 fully saturated rings. The number of benzene rings is 1. The Morgan fingerprint density at radius 3 is 2.65 bits per heavy atom. The van der Waals surface area contributed by atoms with Crippen molar-refractivity contribution in [2.45, 2.75) is 18.4 Å². The van der Waals surface area contributed by atoms with Crippen LogP contribution in [0, 0.1) is 0 Å². The van der Waals surface area contributed by atoms with Crippen LogP contribution in [0.4, 0.5) is 0 Å². The van der Waals surface area contributed by atoms with Gasteiger partial charge in [-0.15, -0.1) is 0 Å². The molecule has 1 aromatic carbocycles. The van der Waals surface area contributed by atoms with Crippen LogP contribution in [-0.2, 0) is 10.3 Å². The Bertz CT molecular complexity index is 883. The predicted octanol–water partition coefficient (Wildman–Crippen LogP) is 2.35. The molecular formula is C18H17N3O2. The van der Waals surface area contributed by atoms with E-state index in [0.717, 1.165) is 18.4 Å². The summed E-state index contributed by atoms with van der Waals surface area (Å²) in [6.45, 7) is 1.27. The van der Waals surface area contributed by atoms with E-state index in [1.165, 1.54) is 0 Å². The number of ether oxygens (including phenoxy) is 1. The van der Waals surface area contributed by atoms with Crippen LogP contribution in [0.5, 0.6) is 0 Å². The molecule has 5 nitrogen and oxygen atoms in total. The number of pyridine rings is 1. The molecule has 1 saturated heterocycles. The zero-order valence-corrected chi connectivity index (χ0v) is 12.7. The molecule has 2 aromatic heterocycles. The minimum Gasteiger partial charge on any atom is -0.381 e. The van der Waals surface area contributed by atoms with E-state index in [0.29, 0.717) is 24.1 Å². The third kappa shape index (κ3) is 2.24. The number of fused-ring (bicyclic) bond motifs is 1. The molecule has 0 N–H and O–H groups in total. The van der Waals surface area contributed by atoms with Crippen LogP contribution in [0.2, 0.25) is 0 Å². The van der Waals surface area contributed by atoms with Gasteiger partial charge >= 0.3 is 0 Å². The van der Waals surface area contributed by atoms with Crippen molar-refractivity contribution in [2.75, 3.05) is 13.2 Å². The average Bonchev–Trinajstić information content (AvgIpc) is 2.63. The molecule has 0 radical (unpaired) electrons. The van der Waals surface area contributed by atoms with Crippen LogP contribution in [0.3, 0.4) is 0 Å². The molecule has 4 rings (SSSR count). The summed E-state index contributed by atoms with van der Waals surface area (Å²) in [5.74, 6) is 0. The van der Waals surface area contributed by atoms with Gasteiger partial charge in [0.05, 0.1) is 29.0 Å². The van der Waals surface area contributed by atoms with Crippen LogP contribution in [0.15, 0.2) is 59.9 Å². The van der Waals surface area contributed by atoms with Gasteiger partial charge in [0.1, 0.15) is 0 Å². The van der Waals surface area contributed by atoms with E-state index >= 15 is 0 Å². The highest BCUT2D eigenvalue weighted by molar-refractivity contribution is 5.75. The van der Waals surface area contributed by atoms with E-state index in [4.69, 9.17) is 4.74 Å². The molecule has 0 spiro atoms. The van der Waals surface area contributed by atoms with Crippen molar-refractivity contribution >= 4 is 10.9 Å². The van der Waals surface area contributed by atoms with E-state index in [9.17, 15) is 4.79 Å². The molecule has 0 aliphatic carbocycles. The van der Waals surface area contributed by atoms with Gasteiger partial charge in [-0.2, -0.15) is 0 Å². The summed E-state index contributed by atoms with van der Waals surface area (Å²) in [7, 11) is 0. The van der Waals surface area contributed by atoms with Crippen LogP contribution in [0.1, 0.15) is 18.4 Å². The molecule has 0 amide bonds. The van der Waals surface area contributed by atoms with Crippen LogP contribution >= 0.6 is 0 Å². The van der Waals surface area contributed by atoms with Crippen LogP contribution in [-0.4, -0.2) is 27.7 Å². The van der Waals surface area contributed by atoms with Gasteiger partial charge < -0.3 is 4.74 Å². The van der Waals surface area contributed by atoms with Gasteiger partial charge in [-0.25, -0.2) is 4.98 Å². The first kappa shape index (κ1) is 14.1. The molecule has 23 heavy (non-hydrogen) atoms. The summed E-state index contributed by atoms with van der Waals surface area (Å²) in [6.07, 6.45) is 6.43. The molecular weight excluding hydrogens is 290 g/mol. The number of aromatic nitrogens is 3. The van der Waals surface area contributed by atoms with Crippen LogP contribution < -0.4 is 5.56 Å². The second kappa shape index (κ2) is 5.59. The minimum atomic E-state index is -0.402. The number of rotatable bonds is 2. The molecule has 116 valence electrons. The predicted molar refractivity (Wildman–Crippen MR) is 87.4 cm³/mol. The Morgan fingerprint density at radius 1 is 1.09 bits per heavy atom. The van der Waals surface area contributed by atoms with Gasteiger partial charge in [-0.1, -0.05) is 30.3 Å². The smallest absolute Gasteiger partial charge is 0.262 e. The summed E-state index contributed by atoms with van der Waals surface area (Å²) < 4.78 is 7.33. The second-order valence-corrected chi connectivity index (χ2v) is 5.82. The summed E-state index contributed by atoms with van der Waals surface area (Å²) in [5.41, 5.74) is 1.33. The highest BCUT2D eigenvalue weighted by Crippen LogP contribution is 2.35. The molecule has 1 aliphatic rings. The Labute approximate surface area is 133 Å². The highest BCUT2D eigenvalue weighted by atomic mass is 16.5. The Kier molecular flexibility index (Phi) is 3.42. The molecule has 0 bridgehead atoms. The van der Waals surface area contributed by atoms with Gasteiger partial charge in [0.15, 0.2) is 0 Å². The number of nitrogens with zero attached hydrogens (tertiary/aromatic N) is 3. The van der Waals surface area contributed by atoms with E-state index in [1.807, 2.05) is 18.2 Å². The largest absolute Gasteiger partial charge is 0.381 e. The van der Waals surface area contributed by atoms with Crippen LogP contribution in [0.25, 0.3) is 10.9 Å². The van der Waals surface area contributed by atoms with Crippen molar-refractivity contribution in [3.63, 3.8) is 0 Å². The molecule has 1 aliphatic heterocycles. The van der Waals surface area contributed by atoms with Crippen molar-refractivity contribution in [1.29, 1.82) is 0 Å². The zero-order valence-electron chi connectivity index (χ0n) is 12.7. The van der Waals surface area contributed by atoms with Gasteiger partial charge in [-0.3, -0.25) is 14.3 Å². The summed E-state index contributed by atoms with van der Waals surface area (Å²) in [6, 6.07) is 11.9. The summed E-state index contributed by atoms with van der Waals surface area (Å²) in [4.78, 5) is 21.5. The highest BCUT2D eigenvalue weighted by Gasteiger charge is 2.37. The third-order valence-corrected chi connectivity index (χ3v) is 4.65. The lowest BCUT2D eigenvalue weighted by Crippen LogP contribution is -2.46. The van der Waals surface area contributed by atoms with Crippen molar-refractivity contribution in [3.05, 3.63) is 71.0 Å². The normalized spacial score (nSPS) is 17.2. The molecule has 3 heterocycles. The lowest BCUT2D eigenvalue weighted by Gasteiger charge is -2.39. The molecule has 0 saturated carbocycles. The summed E-state index contributed by atoms with van der Waals surface area (Å²) in [5, 5.41) is 0.601. The maximum atomic E-state index is 13.1. The van der Waals surface area contributed by atoms with E-state index < -0.39 is 5.54 Å². The minimum absolute atomic E-state index is 0.0249. The van der Waals surface area contributed by atoms with Gasteiger partial charge in [-0.05, 0) is 24.5 Å². The van der Waals surface area contributed by atoms with Gasteiger partial charge in [0.25, 0.3) is 5.56 Å². The lowest BCUT2D eigenvalue weighted by molar-refractivity contribution is 0.0372. The number of hydrogen-bond donors (Lipinski definition) is 0. The Hall–Kier alpha value is -2.53. The maximum Gasteiger partial charge on any atom is 0.262 e. The second-order valence-electron chi connectivity index (χ2n) is 5.82. The Balaban J connectivity index is 1.98. The zero-order chi connectivity index (χ0) is 15.7. The first-order valence-electron chi connectivity index (χ1n) is 7.76. The molecule has 3 aromatic rings. The Morgan fingerprint density at radius 2 is 1.87 bits per heavy atom. The fraction of sp³-hybridized carbons (Fsp3) is 0.278. The first-order valence-corrected chi connectivity index (χ1v) is 7.76. The first-order chi connectivity index (χ1) is 11.3. The standard InChI is InChI=1S/C18H17N3O2/c22-17-15-6-9-19-12-16(15)20-13-21(17)18(7-10-23-11-8-18)14-4-2-1-3-5-14/h1-6,9,12-13H,7-8,10-11H2. The fourth-order valence-corrected chi connectivity index (χ4v) is 3.40. The van der Waals surface area contributed by atoms with Gasteiger partial charge in [0.2, 0.25) is 0 Å². The van der Waals surface area contributed by atoms with Crippen molar-refractivity contribution in [2.24, 2.45) is 0 Å². The molecule has 0 unspecified atom stereocenters. The monoisotopic (exact) mass is 307 g/mol. The van der Waals surface area contributed by atoms with Crippen molar-refractivity contribution in [1.82, 2.24) is 14.5 Å². The van der Waals surface area contributed by atoms with Gasteiger partial charge in [0, 0.05) is 19.4 Å². The van der Waals surface area contributed by atoms with E-state index in [1.54, 1.807) is 29.4 Å². The van der Waals surface area contributed by atoms with Crippen molar-refractivity contribution < 1.29 is 4.74 Å². The average molecular weight is 307 g/mol. The quantitative estimate of drug-likeness (QED) is 0.729. The SMILES string of the molecule is O=c1c2ccncc2ncn1C1(c2ccccc2)CCOCC1. The maximum absolute atomic E-state index is 13.1. The molecule has 5 heteroatoms. The molecule has 0 atom stereocenters.